The van der Waals surface area contributed by atoms with Gasteiger partial charge in [0.15, 0.2) is 0 Å². The van der Waals surface area contributed by atoms with Gasteiger partial charge in [-0.3, -0.25) is 20.2 Å². The number of nitro benzene ring substituents is 1. The first-order chi connectivity index (χ1) is 9.83. The Morgan fingerprint density at radius 3 is 2.57 bits per heavy atom. The van der Waals surface area contributed by atoms with Crippen LogP contribution in [0.5, 0.6) is 0 Å². The number of rotatable bonds is 5. The molecule has 8 nitrogen and oxygen atoms in total. The lowest BCUT2D eigenvalue weighted by Gasteiger charge is -2.10. The molecule has 0 radical (unpaired) electrons. The molecule has 0 aliphatic carbocycles. The maximum atomic E-state index is 11.4. The van der Waals surface area contributed by atoms with Crippen LogP contribution in [-0.2, 0) is 9.53 Å². The van der Waals surface area contributed by atoms with Crippen LogP contribution < -0.4 is 10.6 Å². The van der Waals surface area contributed by atoms with Crippen molar-refractivity contribution in [2.75, 3.05) is 16.0 Å². The molecule has 2 N–H and O–H groups in total. The van der Waals surface area contributed by atoms with Crippen molar-refractivity contribution < 1.29 is 19.2 Å². The Labute approximate surface area is 129 Å². The molecule has 0 atom stereocenters. The topological polar surface area (TPSA) is 111 Å². The van der Waals surface area contributed by atoms with Gasteiger partial charge in [0, 0.05) is 6.07 Å². The van der Waals surface area contributed by atoms with E-state index in [9.17, 15) is 19.7 Å². The molecule has 1 rings (SSSR count). The van der Waals surface area contributed by atoms with E-state index in [1.165, 1.54) is 12.1 Å². The summed E-state index contributed by atoms with van der Waals surface area (Å²) in [6, 6.07) is 3.91. The van der Waals surface area contributed by atoms with Gasteiger partial charge >= 0.3 is 6.09 Å². The van der Waals surface area contributed by atoms with E-state index in [2.05, 4.69) is 26.6 Å². The van der Waals surface area contributed by atoms with E-state index in [-0.39, 0.29) is 28.5 Å². The Hall–Kier alpha value is -2.16. The first-order valence-electron chi connectivity index (χ1n) is 5.95. The van der Waals surface area contributed by atoms with Crippen LogP contribution in [-0.4, -0.2) is 28.4 Å². The van der Waals surface area contributed by atoms with Gasteiger partial charge in [0.25, 0.3) is 5.69 Å². The number of carbonyl (C=O) groups is 2. The number of hydrogen-bond donors (Lipinski definition) is 2. The van der Waals surface area contributed by atoms with Gasteiger partial charge in [-0.2, -0.15) is 0 Å². The molecule has 0 aliphatic rings. The maximum absolute atomic E-state index is 11.4. The third-order valence-corrected chi connectivity index (χ3v) is 2.69. The van der Waals surface area contributed by atoms with Gasteiger partial charge in [0.05, 0.1) is 22.0 Å². The monoisotopic (exact) mass is 359 g/mol. The number of anilines is 2. The normalized spacial score (nSPS) is 10.1. The number of ether oxygens (including phenoxy) is 1. The minimum Gasteiger partial charge on any atom is -0.447 e. The smallest absolute Gasteiger partial charge is 0.411 e. The highest BCUT2D eigenvalue weighted by molar-refractivity contribution is 9.09. The molecule has 0 heterocycles. The molecular formula is C12H14BrN3O5. The van der Waals surface area contributed by atoms with Crippen molar-refractivity contribution in [3.63, 3.8) is 0 Å². The second kappa shape index (κ2) is 7.58. The van der Waals surface area contributed by atoms with Crippen molar-refractivity contribution in [3.05, 3.63) is 28.3 Å². The highest BCUT2D eigenvalue weighted by Gasteiger charge is 2.17. The van der Waals surface area contributed by atoms with Crippen molar-refractivity contribution in [3.8, 4) is 0 Å². The summed E-state index contributed by atoms with van der Waals surface area (Å²) in [5.74, 6) is -0.418. The molecule has 1 aromatic rings. The number of halogens is 1. The van der Waals surface area contributed by atoms with Gasteiger partial charge in [-0.1, -0.05) is 15.9 Å². The Bertz CT molecular complexity index is 562. The van der Waals surface area contributed by atoms with Crippen molar-refractivity contribution >= 4 is 45.0 Å². The molecule has 0 aliphatic heterocycles. The second-order valence-electron chi connectivity index (χ2n) is 4.25. The maximum Gasteiger partial charge on any atom is 0.411 e. The van der Waals surface area contributed by atoms with E-state index in [0.29, 0.717) is 0 Å². The van der Waals surface area contributed by atoms with Crippen LogP contribution >= 0.6 is 15.9 Å². The molecule has 1 aromatic carbocycles. The van der Waals surface area contributed by atoms with Gasteiger partial charge in [0.2, 0.25) is 5.91 Å². The molecule has 0 unspecified atom stereocenters. The summed E-state index contributed by atoms with van der Waals surface area (Å²) in [5, 5.41) is 15.8. The zero-order valence-electron chi connectivity index (χ0n) is 11.4. The molecule has 9 heteroatoms. The van der Waals surface area contributed by atoms with Gasteiger partial charge in [-0.25, -0.2) is 4.79 Å². The van der Waals surface area contributed by atoms with Crippen LogP contribution in [0.3, 0.4) is 0 Å². The molecule has 0 spiro atoms. The molecule has 21 heavy (non-hydrogen) atoms. The van der Waals surface area contributed by atoms with Crippen LogP contribution in [0.2, 0.25) is 0 Å². The number of nitro groups is 1. The van der Waals surface area contributed by atoms with E-state index in [4.69, 9.17) is 4.74 Å². The standard InChI is InChI=1S/C12H14BrN3O5/c1-7(2)21-12(18)14-8-3-4-9(15-11(17)6-13)10(5-8)16(19)20/h3-5,7H,6H2,1-2H3,(H,14,18)(H,15,17). The average molecular weight is 360 g/mol. The number of nitrogens with zero attached hydrogens (tertiary/aromatic N) is 1. The summed E-state index contributed by atoms with van der Waals surface area (Å²) < 4.78 is 4.87. The SMILES string of the molecule is CC(C)OC(=O)Nc1ccc(NC(=O)CBr)c([N+](=O)[O-])c1. The van der Waals surface area contributed by atoms with E-state index in [1.807, 2.05) is 0 Å². The van der Waals surface area contributed by atoms with Crippen LogP contribution in [0.25, 0.3) is 0 Å². The summed E-state index contributed by atoms with van der Waals surface area (Å²) in [7, 11) is 0. The van der Waals surface area contributed by atoms with Gasteiger partial charge < -0.3 is 10.1 Å². The van der Waals surface area contributed by atoms with Crippen LogP contribution in [0.4, 0.5) is 21.9 Å². The van der Waals surface area contributed by atoms with Crippen molar-refractivity contribution in [1.82, 2.24) is 0 Å². The molecule has 0 bridgehead atoms. The third-order valence-electron chi connectivity index (χ3n) is 2.18. The van der Waals surface area contributed by atoms with E-state index < -0.39 is 16.9 Å². The number of nitrogens with one attached hydrogen (secondary N) is 2. The second-order valence-corrected chi connectivity index (χ2v) is 4.81. The lowest BCUT2D eigenvalue weighted by Crippen LogP contribution is -2.18. The predicted octanol–water partition coefficient (Wildman–Crippen LogP) is 2.89. The molecular weight excluding hydrogens is 346 g/mol. The Kier molecular flexibility index (Phi) is 6.10. The fourth-order valence-corrected chi connectivity index (χ4v) is 1.55. The van der Waals surface area contributed by atoms with Gasteiger partial charge in [0.1, 0.15) is 5.69 Å². The van der Waals surface area contributed by atoms with Gasteiger partial charge in [-0.05, 0) is 26.0 Å². The van der Waals surface area contributed by atoms with Gasteiger partial charge in [-0.15, -0.1) is 0 Å². The quantitative estimate of drug-likeness (QED) is 0.477. The largest absolute Gasteiger partial charge is 0.447 e. The van der Waals surface area contributed by atoms with Crippen molar-refractivity contribution in [2.24, 2.45) is 0 Å². The number of alkyl halides is 1. The summed E-state index contributed by atoms with van der Waals surface area (Å²) in [4.78, 5) is 33.1. The van der Waals surface area contributed by atoms with Crippen molar-refractivity contribution in [1.29, 1.82) is 0 Å². The molecule has 114 valence electrons. The number of amides is 2. The first-order valence-corrected chi connectivity index (χ1v) is 7.07. The van der Waals surface area contributed by atoms with Crippen molar-refractivity contribution in [2.45, 2.75) is 20.0 Å². The molecule has 2 amide bonds. The van der Waals surface area contributed by atoms with E-state index in [1.54, 1.807) is 13.8 Å². The molecule has 0 saturated heterocycles. The lowest BCUT2D eigenvalue weighted by atomic mass is 10.2. The van der Waals surface area contributed by atoms with Crippen LogP contribution in [0.1, 0.15) is 13.8 Å². The minimum absolute atomic E-state index is 0.0187. The third kappa shape index (κ3) is 5.38. The molecule has 0 aromatic heterocycles. The fourth-order valence-electron chi connectivity index (χ4n) is 1.41. The summed E-state index contributed by atoms with van der Waals surface area (Å²) >= 11 is 2.95. The Morgan fingerprint density at radius 1 is 1.38 bits per heavy atom. The fraction of sp³-hybridized carbons (Fsp3) is 0.333. The number of carbonyl (C=O) groups excluding carboxylic acids is 2. The van der Waals surface area contributed by atoms with E-state index in [0.717, 1.165) is 6.07 Å². The summed E-state index contributed by atoms with van der Waals surface area (Å²) in [5.41, 5.74) is -0.0805. The zero-order chi connectivity index (χ0) is 16.0. The first kappa shape index (κ1) is 16.9. The Balaban J connectivity index is 2.95. The zero-order valence-corrected chi connectivity index (χ0v) is 13.0. The number of hydrogen-bond acceptors (Lipinski definition) is 5. The number of benzene rings is 1. The van der Waals surface area contributed by atoms with E-state index >= 15 is 0 Å². The Morgan fingerprint density at radius 2 is 2.05 bits per heavy atom. The minimum atomic E-state index is -0.712. The van der Waals surface area contributed by atoms with Crippen LogP contribution in [0, 0.1) is 10.1 Å². The average Bonchev–Trinajstić information content (AvgIpc) is 2.39. The summed E-state index contributed by atoms with van der Waals surface area (Å²) in [6.45, 7) is 3.36. The molecule has 0 fully saturated rings. The highest BCUT2D eigenvalue weighted by Crippen LogP contribution is 2.28. The highest BCUT2D eigenvalue weighted by atomic mass is 79.9. The lowest BCUT2D eigenvalue weighted by molar-refractivity contribution is -0.383. The van der Waals surface area contributed by atoms with Crippen LogP contribution in [0.15, 0.2) is 18.2 Å². The predicted molar refractivity (Wildman–Crippen MR) is 80.8 cm³/mol. The summed E-state index contributed by atoms with van der Waals surface area (Å²) in [6.07, 6.45) is -1.02. The molecule has 0 saturated carbocycles.